The number of aromatic amines is 1. The van der Waals surface area contributed by atoms with Gasteiger partial charge in [0, 0.05) is 29.9 Å². The quantitative estimate of drug-likeness (QED) is 0.345. The lowest BCUT2D eigenvalue weighted by molar-refractivity contribution is 0.531. The summed E-state index contributed by atoms with van der Waals surface area (Å²) in [4.78, 5) is 11.8. The zero-order chi connectivity index (χ0) is 24.3. The first-order chi connectivity index (χ1) is 17.0. The molecule has 174 valence electrons. The smallest absolute Gasteiger partial charge is 0.240 e. The Morgan fingerprint density at radius 3 is 2.77 bits per heavy atom. The number of nitrogens with one attached hydrogen (secondary N) is 2. The molecule has 9 nitrogen and oxygen atoms in total. The lowest BCUT2D eigenvalue weighted by atomic mass is 10.0. The molecule has 0 spiro atoms. The molecule has 0 saturated carbocycles. The van der Waals surface area contributed by atoms with Gasteiger partial charge in [-0.15, -0.1) is 0 Å². The molecule has 0 aliphatic rings. The summed E-state index contributed by atoms with van der Waals surface area (Å²) in [7, 11) is -3.75. The van der Waals surface area contributed by atoms with E-state index >= 15 is 0 Å². The van der Waals surface area contributed by atoms with Gasteiger partial charge in [-0.3, -0.25) is 4.68 Å². The van der Waals surface area contributed by atoms with Gasteiger partial charge in [-0.1, -0.05) is 42.5 Å². The van der Waals surface area contributed by atoms with Crippen molar-refractivity contribution in [1.82, 2.24) is 29.5 Å². The Hall–Kier alpha value is -4.33. The number of H-pyrrole nitrogens is 1. The van der Waals surface area contributed by atoms with Crippen molar-refractivity contribution in [3.8, 4) is 17.3 Å². The van der Waals surface area contributed by atoms with Crippen LogP contribution in [0.25, 0.3) is 22.3 Å². The predicted octanol–water partition coefficient (Wildman–Crippen LogP) is 3.80. The number of benzene rings is 2. The number of hydrogen-bond acceptors (Lipinski definition) is 6. The molecule has 5 rings (SSSR count). The number of rotatable bonds is 8. The molecule has 10 heteroatoms. The summed E-state index contributed by atoms with van der Waals surface area (Å²) in [6, 6.07) is 19.5. The highest BCUT2D eigenvalue weighted by Crippen LogP contribution is 2.28. The van der Waals surface area contributed by atoms with E-state index in [0.29, 0.717) is 5.56 Å². The summed E-state index contributed by atoms with van der Waals surface area (Å²) in [5, 5.41) is 14.8. The third-order valence-electron chi connectivity index (χ3n) is 5.70. The Kier molecular flexibility index (Phi) is 6.10. The van der Waals surface area contributed by atoms with Gasteiger partial charge in [-0.2, -0.15) is 10.4 Å². The van der Waals surface area contributed by atoms with Crippen molar-refractivity contribution in [2.24, 2.45) is 0 Å². The van der Waals surface area contributed by atoms with Crippen LogP contribution in [0.1, 0.15) is 23.6 Å². The molecule has 3 aromatic heterocycles. The molecule has 0 aliphatic heterocycles. The molecular weight excluding hydrogens is 462 g/mol. The highest BCUT2D eigenvalue weighted by atomic mass is 32.2. The maximum Gasteiger partial charge on any atom is 0.240 e. The Labute approximate surface area is 202 Å². The van der Waals surface area contributed by atoms with Crippen LogP contribution in [0.15, 0.2) is 90.5 Å². The Bertz CT molecular complexity index is 1620. The van der Waals surface area contributed by atoms with Crippen LogP contribution in [0.3, 0.4) is 0 Å². The second-order valence-corrected chi connectivity index (χ2v) is 9.70. The number of nitrogens with zero attached hydrogens (tertiary/aromatic N) is 5. The fourth-order valence-corrected chi connectivity index (χ4v) is 5.00. The first-order valence-electron chi connectivity index (χ1n) is 10.9. The van der Waals surface area contributed by atoms with Crippen molar-refractivity contribution in [3.63, 3.8) is 0 Å². The summed E-state index contributed by atoms with van der Waals surface area (Å²) in [5.74, 6) is 0. The molecule has 1 atom stereocenters. The minimum absolute atomic E-state index is 0.116. The van der Waals surface area contributed by atoms with Crippen molar-refractivity contribution in [1.29, 1.82) is 5.26 Å². The van der Waals surface area contributed by atoms with Crippen LogP contribution in [0.2, 0.25) is 0 Å². The highest BCUT2D eigenvalue weighted by molar-refractivity contribution is 7.89. The molecule has 2 aromatic carbocycles. The lowest BCUT2D eigenvalue weighted by Crippen LogP contribution is -2.23. The second-order valence-electron chi connectivity index (χ2n) is 7.93. The van der Waals surface area contributed by atoms with E-state index in [0.717, 1.165) is 27.9 Å². The van der Waals surface area contributed by atoms with Crippen LogP contribution in [0, 0.1) is 11.3 Å². The molecule has 3 heterocycles. The number of sulfonamides is 1. The predicted molar refractivity (Wildman–Crippen MR) is 130 cm³/mol. The van der Waals surface area contributed by atoms with Gasteiger partial charge in [0.1, 0.15) is 12.0 Å². The molecule has 35 heavy (non-hydrogen) atoms. The molecule has 0 radical (unpaired) electrons. The SMILES string of the molecule is N#CCC(c1cccc(S(=O)(=O)NCc2ccccc2)c1)n1cc(-c2ncnc3[nH]ccc23)cn1. The van der Waals surface area contributed by atoms with Crippen LogP contribution < -0.4 is 4.72 Å². The van der Waals surface area contributed by atoms with E-state index in [9.17, 15) is 13.7 Å². The van der Waals surface area contributed by atoms with Gasteiger partial charge < -0.3 is 4.98 Å². The number of nitriles is 1. The first-order valence-corrected chi connectivity index (χ1v) is 12.4. The summed E-state index contributed by atoms with van der Waals surface area (Å²) in [5.41, 5.74) is 3.74. The van der Waals surface area contributed by atoms with Crippen molar-refractivity contribution in [2.45, 2.75) is 23.9 Å². The van der Waals surface area contributed by atoms with E-state index in [4.69, 9.17) is 0 Å². The summed E-state index contributed by atoms with van der Waals surface area (Å²) in [6.45, 7) is 0.185. The Morgan fingerprint density at radius 1 is 1.09 bits per heavy atom. The molecular formula is C25H21N7O2S. The monoisotopic (exact) mass is 483 g/mol. The van der Waals surface area contributed by atoms with E-state index in [2.05, 4.69) is 30.8 Å². The van der Waals surface area contributed by atoms with E-state index in [1.54, 1.807) is 35.3 Å². The average molecular weight is 484 g/mol. The number of fused-ring (bicyclic) bond motifs is 1. The number of hydrogen-bond donors (Lipinski definition) is 2. The van der Waals surface area contributed by atoms with Crippen molar-refractivity contribution in [3.05, 3.63) is 96.7 Å². The van der Waals surface area contributed by atoms with Crippen LogP contribution in [0.5, 0.6) is 0 Å². The molecule has 0 bridgehead atoms. The van der Waals surface area contributed by atoms with Crippen LogP contribution in [0.4, 0.5) is 0 Å². The maximum absolute atomic E-state index is 12.9. The van der Waals surface area contributed by atoms with E-state index < -0.39 is 16.1 Å². The van der Waals surface area contributed by atoms with Gasteiger partial charge in [0.25, 0.3) is 0 Å². The van der Waals surface area contributed by atoms with E-state index in [-0.39, 0.29) is 17.9 Å². The van der Waals surface area contributed by atoms with Gasteiger partial charge in [0.2, 0.25) is 10.0 Å². The van der Waals surface area contributed by atoms with Crippen LogP contribution in [-0.4, -0.2) is 33.2 Å². The minimum atomic E-state index is -3.75. The molecule has 2 N–H and O–H groups in total. The number of aromatic nitrogens is 5. The lowest BCUT2D eigenvalue weighted by Gasteiger charge is -2.16. The van der Waals surface area contributed by atoms with Crippen molar-refractivity contribution in [2.75, 3.05) is 0 Å². The zero-order valence-electron chi connectivity index (χ0n) is 18.5. The van der Waals surface area contributed by atoms with E-state index in [1.807, 2.05) is 42.6 Å². The Morgan fingerprint density at radius 2 is 1.94 bits per heavy atom. The third kappa shape index (κ3) is 4.68. The van der Waals surface area contributed by atoms with Crippen LogP contribution >= 0.6 is 0 Å². The maximum atomic E-state index is 12.9. The third-order valence-corrected chi connectivity index (χ3v) is 7.09. The van der Waals surface area contributed by atoms with E-state index in [1.165, 1.54) is 12.4 Å². The molecule has 0 amide bonds. The largest absolute Gasteiger partial charge is 0.346 e. The second kappa shape index (κ2) is 9.50. The fourth-order valence-electron chi connectivity index (χ4n) is 3.93. The topological polar surface area (TPSA) is 129 Å². The van der Waals surface area contributed by atoms with Crippen molar-refractivity contribution >= 4 is 21.1 Å². The highest BCUT2D eigenvalue weighted by Gasteiger charge is 2.20. The average Bonchev–Trinajstić information content (AvgIpc) is 3.57. The zero-order valence-corrected chi connectivity index (χ0v) is 19.4. The van der Waals surface area contributed by atoms with Gasteiger partial charge in [0.15, 0.2) is 0 Å². The first kappa shape index (κ1) is 22.5. The summed E-state index contributed by atoms with van der Waals surface area (Å²) < 4.78 is 30.2. The summed E-state index contributed by atoms with van der Waals surface area (Å²) in [6.07, 6.45) is 6.89. The minimum Gasteiger partial charge on any atom is -0.346 e. The molecule has 0 aliphatic carbocycles. The van der Waals surface area contributed by atoms with Gasteiger partial charge >= 0.3 is 0 Å². The molecule has 0 fully saturated rings. The van der Waals surface area contributed by atoms with Crippen LogP contribution in [-0.2, 0) is 16.6 Å². The molecule has 1 unspecified atom stereocenters. The molecule has 0 saturated heterocycles. The van der Waals surface area contributed by atoms with Gasteiger partial charge in [-0.05, 0) is 29.3 Å². The molecule has 5 aromatic rings. The van der Waals surface area contributed by atoms with Crippen molar-refractivity contribution < 1.29 is 8.42 Å². The fraction of sp³-hybridized carbons (Fsp3) is 0.120. The Balaban J connectivity index is 1.44. The van der Waals surface area contributed by atoms with Gasteiger partial charge in [-0.25, -0.2) is 23.1 Å². The van der Waals surface area contributed by atoms with Gasteiger partial charge in [0.05, 0.1) is 35.3 Å². The normalized spacial score (nSPS) is 12.4. The summed E-state index contributed by atoms with van der Waals surface area (Å²) >= 11 is 0. The standard InChI is InChI=1S/C25H21N7O2S/c26-11-9-23(32-16-20(15-30-32)24-22-10-12-27-25(22)29-17-28-24)19-7-4-8-21(13-19)35(33,34)31-14-18-5-2-1-3-6-18/h1-8,10,12-13,15-17,23,31H,9,14H2,(H,27,28,29).